The minimum absolute atomic E-state index is 0.112. The van der Waals surface area contributed by atoms with Crippen molar-refractivity contribution in [3.05, 3.63) is 84.7 Å². The van der Waals surface area contributed by atoms with Crippen LogP contribution in [0.25, 0.3) is 11.1 Å². The quantitative estimate of drug-likeness (QED) is 0.473. The highest BCUT2D eigenvalue weighted by atomic mass is 16.5. The van der Waals surface area contributed by atoms with Crippen molar-refractivity contribution in [1.29, 1.82) is 0 Å². The van der Waals surface area contributed by atoms with Gasteiger partial charge in [-0.3, -0.25) is 14.4 Å². The van der Waals surface area contributed by atoms with Gasteiger partial charge in [-0.2, -0.15) is 0 Å². The van der Waals surface area contributed by atoms with Crippen molar-refractivity contribution < 1.29 is 19.1 Å². The number of hydrogen-bond acceptors (Lipinski definition) is 4. The van der Waals surface area contributed by atoms with E-state index >= 15 is 0 Å². The van der Waals surface area contributed by atoms with Crippen LogP contribution in [0.15, 0.2) is 79.1 Å². The lowest BCUT2D eigenvalue weighted by molar-refractivity contribution is -0.148. The third-order valence-corrected chi connectivity index (χ3v) is 5.52. The average Bonchev–Trinajstić information content (AvgIpc) is 3.30. The fourth-order valence-electron chi connectivity index (χ4n) is 3.65. The van der Waals surface area contributed by atoms with Crippen molar-refractivity contribution in [2.45, 2.75) is 45.9 Å². The molecule has 178 valence electrons. The summed E-state index contributed by atoms with van der Waals surface area (Å²) < 4.78 is 7.09. The van der Waals surface area contributed by atoms with Crippen molar-refractivity contribution in [1.82, 2.24) is 9.88 Å². The summed E-state index contributed by atoms with van der Waals surface area (Å²) in [6.45, 7) is 5.56. The number of nitrogens with two attached hydrogens (primary N) is 1. The maximum absolute atomic E-state index is 13.3. The van der Waals surface area contributed by atoms with Crippen molar-refractivity contribution in [3.8, 4) is 11.1 Å². The first-order chi connectivity index (χ1) is 16.1. The van der Waals surface area contributed by atoms with Gasteiger partial charge in [0.2, 0.25) is 11.8 Å². The Kier molecular flexibility index (Phi) is 7.89. The van der Waals surface area contributed by atoms with Crippen LogP contribution in [0, 0.1) is 5.41 Å². The van der Waals surface area contributed by atoms with Crippen LogP contribution in [0.5, 0.6) is 0 Å². The topological polar surface area (TPSA) is 103 Å². The summed E-state index contributed by atoms with van der Waals surface area (Å²) in [6.07, 6.45) is 3.35. The third kappa shape index (κ3) is 6.57. The summed E-state index contributed by atoms with van der Waals surface area (Å²) in [5.41, 5.74) is 7.70. The summed E-state index contributed by atoms with van der Waals surface area (Å²) in [5, 5.41) is 2.74. The van der Waals surface area contributed by atoms with Crippen LogP contribution in [-0.4, -0.2) is 28.4 Å². The summed E-state index contributed by atoms with van der Waals surface area (Å²) in [6, 6.07) is 19.1. The Morgan fingerprint density at radius 2 is 1.56 bits per heavy atom. The Morgan fingerprint density at radius 1 is 0.941 bits per heavy atom. The number of ether oxygens (including phenoxy) is 1. The number of carbonyl (C=O) groups is 3. The fourth-order valence-corrected chi connectivity index (χ4v) is 3.65. The van der Waals surface area contributed by atoms with E-state index in [-0.39, 0.29) is 13.0 Å². The highest BCUT2D eigenvalue weighted by molar-refractivity contribution is 5.90. The van der Waals surface area contributed by atoms with E-state index in [2.05, 4.69) is 5.32 Å². The highest BCUT2D eigenvalue weighted by Gasteiger charge is 2.34. The van der Waals surface area contributed by atoms with Gasteiger partial charge in [0.1, 0.15) is 18.7 Å². The van der Waals surface area contributed by atoms with Gasteiger partial charge < -0.3 is 20.4 Å². The predicted octanol–water partition coefficient (Wildman–Crippen LogP) is 3.85. The molecule has 7 nitrogen and oxygen atoms in total. The van der Waals surface area contributed by atoms with Gasteiger partial charge in [0.15, 0.2) is 0 Å². The molecule has 0 radical (unpaired) electrons. The second-order valence-corrected chi connectivity index (χ2v) is 9.29. The van der Waals surface area contributed by atoms with E-state index in [1.165, 1.54) is 0 Å². The number of hydrogen-bond donors (Lipinski definition) is 2. The second kappa shape index (κ2) is 10.8. The zero-order valence-electron chi connectivity index (χ0n) is 19.7. The number of nitrogens with zero attached hydrogens (tertiary/aromatic N) is 1. The monoisotopic (exact) mass is 461 g/mol. The molecule has 3 N–H and O–H groups in total. The lowest BCUT2D eigenvalue weighted by Crippen LogP contribution is -2.53. The van der Waals surface area contributed by atoms with Crippen LogP contribution in [0.2, 0.25) is 0 Å². The Labute approximate surface area is 199 Å². The van der Waals surface area contributed by atoms with Crippen LogP contribution in [0.1, 0.15) is 38.8 Å². The highest BCUT2D eigenvalue weighted by Crippen LogP contribution is 2.25. The molecule has 0 saturated carbocycles. The van der Waals surface area contributed by atoms with E-state index < -0.39 is 35.3 Å². The summed E-state index contributed by atoms with van der Waals surface area (Å²) >= 11 is 0. The standard InChI is InChI=1S/C27H31N3O4/c1-27(2,3)24(25(28)32)29-26(33)22(16-23(31)34-18-19-10-6-4-7-11-19)30-15-14-21(17-30)20-12-8-5-9-13-20/h4-15,17,22,24H,16,18H2,1-3H3,(H2,28,32)(H,29,33)/t22-,24-/m1/s1. The molecule has 2 aromatic carbocycles. The normalized spacial score (nSPS) is 13.0. The van der Waals surface area contributed by atoms with Crippen molar-refractivity contribution >= 4 is 17.8 Å². The zero-order valence-corrected chi connectivity index (χ0v) is 19.7. The van der Waals surface area contributed by atoms with Crippen molar-refractivity contribution in [2.75, 3.05) is 0 Å². The summed E-state index contributed by atoms with van der Waals surface area (Å²) in [4.78, 5) is 38.0. The minimum atomic E-state index is -0.912. The molecular formula is C27H31N3O4. The number of carbonyl (C=O) groups excluding carboxylic acids is 3. The molecule has 7 heteroatoms. The predicted molar refractivity (Wildman–Crippen MR) is 130 cm³/mol. The van der Waals surface area contributed by atoms with Gasteiger partial charge >= 0.3 is 5.97 Å². The van der Waals surface area contributed by atoms with Crippen LogP contribution in [0.4, 0.5) is 0 Å². The first-order valence-electron chi connectivity index (χ1n) is 11.2. The maximum atomic E-state index is 13.3. The first kappa shape index (κ1) is 24.8. The molecule has 1 heterocycles. The smallest absolute Gasteiger partial charge is 0.308 e. The van der Waals surface area contributed by atoms with Gasteiger partial charge in [-0.25, -0.2) is 0 Å². The van der Waals surface area contributed by atoms with Gasteiger partial charge in [0, 0.05) is 12.4 Å². The number of primary amides is 1. The van der Waals surface area contributed by atoms with Crippen LogP contribution < -0.4 is 11.1 Å². The number of aromatic nitrogens is 1. The molecule has 1 aromatic heterocycles. The van der Waals surface area contributed by atoms with E-state index in [0.717, 1.165) is 16.7 Å². The van der Waals surface area contributed by atoms with E-state index in [4.69, 9.17) is 10.5 Å². The molecule has 3 rings (SSSR count). The lowest BCUT2D eigenvalue weighted by atomic mass is 9.86. The molecule has 0 aliphatic rings. The molecule has 0 aliphatic carbocycles. The van der Waals surface area contributed by atoms with Gasteiger partial charge in [0.05, 0.1) is 6.42 Å². The number of rotatable bonds is 9. The SMILES string of the molecule is CC(C)(C)[C@H](NC(=O)[C@@H](CC(=O)OCc1ccccc1)n1ccc(-c2ccccc2)c1)C(N)=O. The van der Waals surface area contributed by atoms with Crippen LogP contribution in [-0.2, 0) is 25.7 Å². The average molecular weight is 462 g/mol. The van der Waals surface area contributed by atoms with Gasteiger partial charge in [0.25, 0.3) is 0 Å². The van der Waals surface area contributed by atoms with E-state index in [1.807, 2.05) is 87.5 Å². The fraction of sp³-hybridized carbons (Fsp3) is 0.296. The molecule has 0 bridgehead atoms. The minimum Gasteiger partial charge on any atom is -0.461 e. The van der Waals surface area contributed by atoms with E-state index in [9.17, 15) is 14.4 Å². The second-order valence-electron chi connectivity index (χ2n) is 9.29. The van der Waals surface area contributed by atoms with Gasteiger partial charge in [-0.1, -0.05) is 81.4 Å². The van der Waals surface area contributed by atoms with E-state index in [0.29, 0.717) is 0 Å². The molecule has 0 spiro atoms. The van der Waals surface area contributed by atoms with E-state index in [1.54, 1.807) is 17.0 Å². The lowest BCUT2D eigenvalue weighted by Gasteiger charge is -2.30. The van der Waals surface area contributed by atoms with Crippen LogP contribution >= 0.6 is 0 Å². The Bertz CT molecular complexity index is 1120. The Balaban J connectivity index is 1.82. The Hall–Kier alpha value is -3.87. The molecule has 34 heavy (non-hydrogen) atoms. The Morgan fingerprint density at radius 3 is 2.15 bits per heavy atom. The molecule has 0 fully saturated rings. The zero-order chi connectivity index (χ0) is 24.7. The number of nitrogens with one attached hydrogen (secondary N) is 1. The third-order valence-electron chi connectivity index (χ3n) is 5.52. The molecule has 0 unspecified atom stereocenters. The molecule has 3 aromatic rings. The maximum Gasteiger partial charge on any atom is 0.308 e. The molecule has 0 saturated heterocycles. The van der Waals surface area contributed by atoms with Gasteiger partial charge in [-0.05, 0) is 28.2 Å². The van der Waals surface area contributed by atoms with Gasteiger partial charge in [-0.15, -0.1) is 0 Å². The largest absolute Gasteiger partial charge is 0.461 e. The number of benzene rings is 2. The number of esters is 1. The van der Waals surface area contributed by atoms with Crippen molar-refractivity contribution in [2.24, 2.45) is 11.1 Å². The molecule has 2 amide bonds. The molecule has 0 aliphatic heterocycles. The summed E-state index contributed by atoms with van der Waals surface area (Å²) in [7, 11) is 0. The summed E-state index contributed by atoms with van der Waals surface area (Å²) in [5.74, 6) is -1.64. The first-order valence-corrected chi connectivity index (χ1v) is 11.2. The molecule has 2 atom stereocenters. The number of amides is 2. The molecular weight excluding hydrogens is 430 g/mol. The van der Waals surface area contributed by atoms with Crippen molar-refractivity contribution in [3.63, 3.8) is 0 Å². The van der Waals surface area contributed by atoms with Crippen LogP contribution in [0.3, 0.4) is 0 Å².